The standard InChI is InChI=1S/C32H37F3N4O4S/c1-20-8-6-9-21(2)27(20)25-17-26-37-29(36-25)38-44(41,42)24-11-7-10-22(16-24)28(40)39(15-14-30(3,4)5)23(19-43-26)18-31(12-13-31)32(33,34)35/h6-11,16-17,23H,12-15,18-19H2,1-5H3,(H,36,37,38)/t23-/m0/s1. The lowest BCUT2D eigenvalue weighted by Gasteiger charge is -2.36. The molecule has 12 heteroatoms. The van der Waals surface area contributed by atoms with Gasteiger partial charge in [0, 0.05) is 23.7 Å². The Hall–Kier alpha value is -3.67. The smallest absolute Gasteiger partial charge is 0.394 e. The minimum atomic E-state index is -4.44. The van der Waals surface area contributed by atoms with Crippen LogP contribution in [0.1, 0.15) is 67.9 Å². The predicted molar refractivity (Wildman–Crippen MR) is 161 cm³/mol. The van der Waals surface area contributed by atoms with E-state index in [2.05, 4.69) is 14.7 Å². The first-order chi connectivity index (χ1) is 20.5. The van der Waals surface area contributed by atoms with Crippen LogP contribution in [0, 0.1) is 24.7 Å². The summed E-state index contributed by atoms with van der Waals surface area (Å²) in [6, 6.07) is 11.7. The Balaban J connectivity index is 1.67. The normalized spacial score (nSPS) is 19.6. The molecule has 44 heavy (non-hydrogen) atoms. The molecule has 1 atom stereocenters. The minimum Gasteiger partial charge on any atom is -0.475 e. The zero-order valence-corrected chi connectivity index (χ0v) is 26.3. The topological polar surface area (TPSA) is 101 Å². The van der Waals surface area contributed by atoms with Crippen molar-refractivity contribution in [3.63, 3.8) is 0 Å². The molecular weight excluding hydrogens is 593 g/mol. The number of carbonyl (C=O) groups excluding carboxylic acids is 1. The van der Waals surface area contributed by atoms with Gasteiger partial charge in [-0.15, -0.1) is 0 Å². The van der Waals surface area contributed by atoms with Crippen LogP contribution in [0.2, 0.25) is 0 Å². The molecule has 2 aliphatic rings. The van der Waals surface area contributed by atoms with Gasteiger partial charge in [-0.05, 0) is 74.3 Å². The Kier molecular flexibility index (Phi) is 8.19. The van der Waals surface area contributed by atoms with Crippen LogP contribution >= 0.6 is 0 Å². The van der Waals surface area contributed by atoms with Gasteiger partial charge in [-0.3, -0.25) is 4.79 Å². The number of aryl methyl sites for hydroxylation is 2. The Labute approximate surface area is 256 Å². The van der Waals surface area contributed by atoms with Crippen LogP contribution in [-0.4, -0.2) is 54.6 Å². The number of amides is 1. The fraction of sp³-hybridized carbons (Fsp3) is 0.469. The van der Waals surface area contributed by atoms with Crippen LogP contribution in [0.5, 0.6) is 5.88 Å². The summed E-state index contributed by atoms with van der Waals surface area (Å²) in [4.78, 5) is 24.0. The number of benzene rings is 2. The van der Waals surface area contributed by atoms with Crippen molar-refractivity contribution in [2.45, 2.75) is 77.4 Å². The highest BCUT2D eigenvalue weighted by Gasteiger charge is 2.64. The number of rotatable bonds is 5. The summed E-state index contributed by atoms with van der Waals surface area (Å²) >= 11 is 0. The van der Waals surface area contributed by atoms with Crippen LogP contribution in [0.25, 0.3) is 11.3 Å². The molecule has 4 bridgehead atoms. The van der Waals surface area contributed by atoms with Gasteiger partial charge in [-0.25, -0.2) is 18.1 Å². The van der Waals surface area contributed by atoms with Gasteiger partial charge < -0.3 is 9.64 Å². The first-order valence-electron chi connectivity index (χ1n) is 14.6. The summed E-state index contributed by atoms with van der Waals surface area (Å²) in [6.07, 6.45) is -4.34. The summed E-state index contributed by atoms with van der Waals surface area (Å²) in [5.74, 6) is -0.844. The number of sulfonamides is 1. The Morgan fingerprint density at radius 2 is 1.68 bits per heavy atom. The molecule has 1 amide bonds. The van der Waals surface area contributed by atoms with Gasteiger partial charge in [0.1, 0.15) is 6.61 Å². The lowest BCUT2D eigenvalue weighted by Crippen LogP contribution is -2.47. The average molecular weight is 631 g/mol. The second-order valence-corrected chi connectivity index (χ2v) is 14.8. The minimum absolute atomic E-state index is 0.0219. The molecule has 1 N–H and O–H groups in total. The van der Waals surface area contributed by atoms with Gasteiger partial charge in [-0.2, -0.15) is 18.2 Å². The lowest BCUT2D eigenvalue weighted by atomic mass is 9.90. The highest BCUT2D eigenvalue weighted by molar-refractivity contribution is 7.92. The second-order valence-electron chi connectivity index (χ2n) is 13.1. The zero-order chi connectivity index (χ0) is 32.1. The second kappa shape index (κ2) is 11.4. The molecule has 1 saturated carbocycles. The number of anilines is 1. The van der Waals surface area contributed by atoms with E-state index in [1.54, 1.807) is 6.07 Å². The largest absolute Gasteiger partial charge is 0.475 e. The van der Waals surface area contributed by atoms with Gasteiger partial charge in [0.15, 0.2) is 0 Å². The van der Waals surface area contributed by atoms with Gasteiger partial charge in [0.05, 0.1) is 22.0 Å². The van der Waals surface area contributed by atoms with Crippen molar-refractivity contribution >= 4 is 21.9 Å². The van der Waals surface area contributed by atoms with E-state index in [9.17, 15) is 26.4 Å². The highest BCUT2D eigenvalue weighted by Crippen LogP contribution is 2.61. The summed E-state index contributed by atoms with van der Waals surface area (Å²) in [7, 11) is -4.26. The third-order valence-electron chi connectivity index (χ3n) is 8.37. The molecular formula is C32H37F3N4O4S. The number of alkyl halides is 3. The number of hydrogen-bond acceptors (Lipinski definition) is 6. The van der Waals surface area contributed by atoms with E-state index in [1.807, 2.05) is 52.8 Å². The summed E-state index contributed by atoms with van der Waals surface area (Å²) in [6.45, 7) is 9.62. The number of ether oxygens (including phenoxy) is 1. The molecule has 1 aliphatic carbocycles. The number of nitrogens with zero attached hydrogens (tertiary/aromatic N) is 3. The molecule has 3 aromatic rings. The maximum absolute atomic E-state index is 14.3. The first kappa shape index (κ1) is 31.7. The van der Waals surface area contributed by atoms with Crippen LogP contribution in [0.3, 0.4) is 0 Å². The summed E-state index contributed by atoms with van der Waals surface area (Å²) < 4.78 is 78.2. The van der Waals surface area contributed by atoms with E-state index in [0.29, 0.717) is 12.1 Å². The van der Waals surface area contributed by atoms with Crippen molar-refractivity contribution in [3.05, 3.63) is 65.2 Å². The van der Waals surface area contributed by atoms with Gasteiger partial charge >= 0.3 is 6.18 Å². The van der Waals surface area contributed by atoms with Gasteiger partial charge in [-0.1, -0.05) is 45.0 Å². The molecule has 2 aromatic carbocycles. The zero-order valence-electron chi connectivity index (χ0n) is 25.5. The highest BCUT2D eigenvalue weighted by atomic mass is 32.2. The fourth-order valence-electron chi connectivity index (χ4n) is 5.58. The fourth-order valence-corrected chi connectivity index (χ4v) is 6.57. The molecule has 0 unspecified atom stereocenters. The van der Waals surface area contributed by atoms with Crippen molar-refractivity contribution in [2.24, 2.45) is 10.8 Å². The van der Waals surface area contributed by atoms with E-state index in [4.69, 9.17) is 4.74 Å². The molecule has 1 fully saturated rings. The average Bonchev–Trinajstić information content (AvgIpc) is 3.71. The first-order valence-corrected chi connectivity index (χ1v) is 16.1. The van der Waals surface area contributed by atoms with Crippen LogP contribution < -0.4 is 9.46 Å². The predicted octanol–water partition coefficient (Wildman–Crippen LogP) is 6.93. The van der Waals surface area contributed by atoms with E-state index in [1.165, 1.54) is 29.2 Å². The number of halogens is 3. The summed E-state index contributed by atoms with van der Waals surface area (Å²) in [5, 5.41) is 0. The molecule has 236 valence electrons. The Bertz CT molecular complexity index is 1660. The van der Waals surface area contributed by atoms with Gasteiger partial charge in [0.25, 0.3) is 15.9 Å². The molecule has 0 spiro atoms. The SMILES string of the molecule is Cc1cccc(C)c1-c1cc2nc(n1)NS(=O)(=O)c1cccc(c1)C(=O)N(CCC(C)(C)C)[C@@H](CC1(C(F)(F)F)CC1)CO2. The van der Waals surface area contributed by atoms with E-state index >= 15 is 0 Å². The van der Waals surface area contributed by atoms with Crippen molar-refractivity contribution < 1.29 is 31.1 Å². The van der Waals surface area contributed by atoms with Crippen molar-refractivity contribution in [3.8, 4) is 17.1 Å². The third-order valence-corrected chi connectivity index (χ3v) is 9.69. The van der Waals surface area contributed by atoms with Crippen LogP contribution in [-0.2, 0) is 10.0 Å². The molecule has 8 nitrogen and oxygen atoms in total. The number of carbonyl (C=O) groups is 1. The molecule has 2 heterocycles. The maximum atomic E-state index is 14.3. The summed E-state index contributed by atoms with van der Waals surface area (Å²) in [5.41, 5.74) is 0.801. The quantitative estimate of drug-likeness (QED) is 0.328. The van der Waals surface area contributed by atoms with Crippen molar-refractivity contribution in [1.29, 1.82) is 0 Å². The monoisotopic (exact) mass is 630 g/mol. The molecule has 1 aliphatic heterocycles. The van der Waals surface area contributed by atoms with E-state index in [0.717, 1.165) is 16.7 Å². The Morgan fingerprint density at radius 1 is 1.02 bits per heavy atom. The molecule has 0 radical (unpaired) electrons. The molecule has 5 rings (SSSR count). The van der Waals surface area contributed by atoms with E-state index in [-0.39, 0.29) is 60.1 Å². The van der Waals surface area contributed by atoms with Gasteiger partial charge in [0.2, 0.25) is 11.8 Å². The van der Waals surface area contributed by atoms with Crippen LogP contribution in [0.4, 0.5) is 19.1 Å². The number of nitrogens with one attached hydrogen (secondary N) is 1. The molecule has 1 aromatic heterocycles. The Morgan fingerprint density at radius 3 is 2.30 bits per heavy atom. The van der Waals surface area contributed by atoms with Crippen molar-refractivity contribution in [2.75, 3.05) is 17.9 Å². The number of hydrogen-bond donors (Lipinski definition) is 1. The lowest BCUT2D eigenvalue weighted by molar-refractivity contribution is -0.192. The maximum Gasteiger partial charge on any atom is 0.394 e. The van der Waals surface area contributed by atoms with Crippen molar-refractivity contribution in [1.82, 2.24) is 14.9 Å². The van der Waals surface area contributed by atoms with E-state index < -0.39 is 33.6 Å². The number of fused-ring (bicyclic) bond motifs is 4. The molecule has 0 saturated heterocycles. The van der Waals surface area contributed by atoms with Crippen LogP contribution in [0.15, 0.2) is 53.4 Å². The third kappa shape index (κ3) is 6.69. The number of aromatic nitrogens is 2.